The molecule has 0 saturated heterocycles. The second kappa shape index (κ2) is 5.61. The molecule has 3 aromatic rings. The van der Waals surface area contributed by atoms with E-state index in [1.165, 1.54) is 0 Å². The maximum Gasteiger partial charge on any atom is 0.416 e. The average molecular weight is 433 g/mol. The Kier molecular flexibility index (Phi) is 3.77. The molecule has 1 aliphatic carbocycles. The van der Waals surface area contributed by atoms with Gasteiger partial charge >= 0.3 is 6.18 Å². The summed E-state index contributed by atoms with van der Waals surface area (Å²) in [5, 5.41) is 11.3. The molecular formula is C22H16BrF3O. The van der Waals surface area contributed by atoms with Crippen molar-refractivity contribution in [2.45, 2.75) is 25.4 Å². The molecule has 0 atom stereocenters. The summed E-state index contributed by atoms with van der Waals surface area (Å²) in [6.45, 7) is 7.96. The van der Waals surface area contributed by atoms with Gasteiger partial charge in [-0.25, -0.2) is 0 Å². The first kappa shape index (κ1) is 18.1. The van der Waals surface area contributed by atoms with E-state index in [1.807, 2.05) is 18.2 Å². The Bertz CT molecular complexity index is 1130. The molecule has 4 rings (SSSR count). The monoisotopic (exact) mass is 432 g/mol. The molecule has 1 N–H and O–H groups in total. The molecule has 3 aromatic carbocycles. The zero-order valence-electron chi connectivity index (χ0n) is 14.7. The van der Waals surface area contributed by atoms with E-state index < -0.39 is 11.7 Å². The molecule has 0 radical (unpaired) electrons. The third-order valence-electron chi connectivity index (χ3n) is 5.34. The zero-order chi connectivity index (χ0) is 19.7. The SMILES string of the molecule is C=Cc1cc(Br)c2c(c1)-c1c(ccc3cc(C(F)(F)F)cc(O)c13)C2(C)C. The third kappa shape index (κ3) is 2.52. The lowest BCUT2D eigenvalue weighted by molar-refractivity contribution is -0.137. The van der Waals surface area contributed by atoms with Gasteiger partial charge in [0.15, 0.2) is 0 Å². The first-order chi connectivity index (χ1) is 12.6. The molecule has 0 aliphatic heterocycles. The molecule has 0 heterocycles. The van der Waals surface area contributed by atoms with Crippen molar-refractivity contribution in [3.05, 3.63) is 69.7 Å². The van der Waals surface area contributed by atoms with Crippen molar-refractivity contribution in [2.75, 3.05) is 0 Å². The fraction of sp³-hybridized carbons (Fsp3) is 0.182. The van der Waals surface area contributed by atoms with Gasteiger partial charge in [-0.3, -0.25) is 0 Å². The quantitative estimate of drug-likeness (QED) is 0.428. The predicted molar refractivity (Wildman–Crippen MR) is 106 cm³/mol. The van der Waals surface area contributed by atoms with E-state index in [1.54, 1.807) is 12.1 Å². The minimum atomic E-state index is -4.51. The highest BCUT2D eigenvalue weighted by molar-refractivity contribution is 9.10. The van der Waals surface area contributed by atoms with Crippen LogP contribution in [0.25, 0.3) is 28.0 Å². The van der Waals surface area contributed by atoms with Crippen molar-refractivity contribution in [1.29, 1.82) is 0 Å². The fourth-order valence-electron chi connectivity index (χ4n) is 4.12. The van der Waals surface area contributed by atoms with E-state index in [0.717, 1.165) is 44.4 Å². The minimum Gasteiger partial charge on any atom is -0.507 e. The topological polar surface area (TPSA) is 20.2 Å². The molecule has 27 heavy (non-hydrogen) atoms. The lowest BCUT2D eigenvalue weighted by atomic mass is 9.82. The first-order valence-corrected chi connectivity index (χ1v) is 9.19. The fourth-order valence-corrected chi connectivity index (χ4v) is 5.09. The van der Waals surface area contributed by atoms with Gasteiger partial charge in [0.05, 0.1) is 5.56 Å². The standard InChI is InChI=1S/C22H16BrF3O/c1-4-11-7-14-19-15(21(2,3)20(14)16(23)8-11)6-5-12-9-13(22(24,25)26)10-17(27)18(12)19/h4-10,27H,1H2,2-3H3. The van der Waals surface area contributed by atoms with Crippen LogP contribution in [0.2, 0.25) is 0 Å². The Balaban J connectivity index is 2.16. The van der Waals surface area contributed by atoms with Gasteiger partial charge in [0.25, 0.3) is 0 Å². The minimum absolute atomic E-state index is 0.355. The van der Waals surface area contributed by atoms with Crippen LogP contribution < -0.4 is 0 Å². The van der Waals surface area contributed by atoms with Crippen molar-refractivity contribution >= 4 is 32.8 Å². The van der Waals surface area contributed by atoms with Crippen LogP contribution in [0.1, 0.15) is 36.1 Å². The van der Waals surface area contributed by atoms with Gasteiger partial charge in [-0.1, -0.05) is 54.6 Å². The lowest BCUT2D eigenvalue weighted by Gasteiger charge is -2.23. The van der Waals surface area contributed by atoms with E-state index >= 15 is 0 Å². The van der Waals surface area contributed by atoms with Gasteiger partial charge in [-0.15, -0.1) is 0 Å². The highest BCUT2D eigenvalue weighted by Gasteiger charge is 2.39. The number of aromatic hydroxyl groups is 1. The maximum absolute atomic E-state index is 13.2. The van der Waals surface area contributed by atoms with Crippen LogP contribution in [0.15, 0.2) is 47.4 Å². The average Bonchev–Trinajstić information content (AvgIpc) is 2.81. The molecular weight excluding hydrogens is 417 g/mol. The normalized spacial score (nSPS) is 14.9. The highest BCUT2D eigenvalue weighted by atomic mass is 79.9. The smallest absolute Gasteiger partial charge is 0.416 e. The maximum atomic E-state index is 13.2. The number of hydrogen-bond donors (Lipinski definition) is 1. The second-order valence-electron chi connectivity index (χ2n) is 7.33. The summed E-state index contributed by atoms with van der Waals surface area (Å²) in [5.41, 5.74) is 3.39. The molecule has 0 spiro atoms. The molecule has 0 fully saturated rings. The van der Waals surface area contributed by atoms with Gasteiger partial charge in [-0.05, 0) is 57.5 Å². The largest absolute Gasteiger partial charge is 0.507 e. The van der Waals surface area contributed by atoms with Gasteiger partial charge in [0, 0.05) is 15.3 Å². The summed E-state index contributed by atoms with van der Waals surface area (Å²) in [6, 6.07) is 9.35. The summed E-state index contributed by atoms with van der Waals surface area (Å²) in [7, 11) is 0. The number of hydrogen-bond acceptors (Lipinski definition) is 1. The van der Waals surface area contributed by atoms with E-state index in [-0.39, 0.29) is 11.2 Å². The van der Waals surface area contributed by atoms with Crippen molar-refractivity contribution < 1.29 is 18.3 Å². The van der Waals surface area contributed by atoms with Crippen LogP contribution >= 0.6 is 15.9 Å². The number of phenols is 1. The molecule has 1 aliphatic rings. The molecule has 0 unspecified atom stereocenters. The molecule has 0 saturated carbocycles. The van der Waals surface area contributed by atoms with Crippen LogP contribution in [0.4, 0.5) is 13.2 Å². The van der Waals surface area contributed by atoms with Gasteiger partial charge in [0.1, 0.15) is 5.75 Å². The van der Waals surface area contributed by atoms with Crippen LogP contribution in [0.5, 0.6) is 5.75 Å². The molecule has 0 bridgehead atoms. The molecule has 1 nitrogen and oxygen atoms in total. The van der Waals surface area contributed by atoms with Crippen molar-refractivity contribution in [1.82, 2.24) is 0 Å². The van der Waals surface area contributed by atoms with Crippen molar-refractivity contribution in [3.8, 4) is 16.9 Å². The van der Waals surface area contributed by atoms with Gasteiger partial charge in [-0.2, -0.15) is 13.2 Å². The van der Waals surface area contributed by atoms with E-state index in [9.17, 15) is 18.3 Å². The summed E-state index contributed by atoms with van der Waals surface area (Å²) in [5.74, 6) is -0.361. The number of halogens is 4. The van der Waals surface area contributed by atoms with Gasteiger partial charge in [0.2, 0.25) is 0 Å². The number of phenolic OH excluding ortho intramolecular Hbond substituents is 1. The Morgan fingerprint density at radius 3 is 2.44 bits per heavy atom. The lowest BCUT2D eigenvalue weighted by Crippen LogP contribution is -2.15. The van der Waals surface area contributed by atoms with Gasteiger partial charge < -0.3 is 5.11 Å². The molecule has 138 valence electrons. The summed E-state index contributed by atoms with van der Waals surface area (Å²) in [4.78, 5) is 0. The molecule has 0 amide bonds. The number of alkyl halides is 3. The van der Waals surface area contributed by atoms with Crippen molar-refractivity contribution in [3.63, 3.8) is 0 Å². The highest BCUT2D eigenvalue weighted by Crippen LogP contribution is 2.55. The summed E-state index contributed by atoms with van der Waals surface area (Å²) < 4.78 is 40.4. The Morgan fingerprint density at radius 2 is 1.81 bits per heavy atom. The van der Waals surface area contributed by atoms with E-state index in [2.05, 4.69) is 36.4 Å². The molecule has 0 aromatic heterocycles. The first-order valence-electron chi connectivity index (χ1n) is 8.40. The van der Waals surface area contributed by atoms with E-state index in [0.29, 0.717) is 10.8 Å². The number of fused-ring (bicyclic) bond motifs is 5. The number of benzene rings is 3. The summed E-state index contributed by atoms with van der Waals surface area (Å²) in [6.07, 6.45) is -2.79. The Hall–Kier alpha value is -2.27. The predicted octanol–water partition coefficient (Wildman–Crippen LogP) is 7.28. The van der Waals surface area contributed by atoms with Crippen LogP contribution in [0.3, 0.4) is 0 Å². The third-order valence-corrected chi connectivity index (χ3v) is 5.97. The van der Waals surface area contributed by atoms with E-state index in [4.69, 9.17) is 0 Å². The van der Waals surface area contributed by atoms with Crippen LogP contribution in [-0.4, -0.2) is 5.11 Å². The van der Waals surface area contributed by atoms with Crippen molar-refractivity contribution in [2.24, 2.45) is 0 Å². The molecule has 5 heteroatoms. The van der Waals surface area contributed by atoms with Crippen LogP contribution in [0, 0.1) is 0 Å². The Morgan fingerprint density at radius 1 is 1.11 bits per heavy atom. The second-order valence-corrected chi connectivity index (χ2v) is 8.19. The summed E-state index contributed by atoms with van der Waals surface area (Å²) >= 11 is 3.63. The zero-order valence-corrected chi connectivity index (χ0v) is 16.3. The Labute approximate surface area is 163 Å². The van der Waals surface area contributed by atoms with Crippen LogP contribution in [-0.2, 0) is 11.6 Å². The number of rotatable bonds is 1.